The number of nitrogens with zero attached hydrogens (tertiary/aromatic N) is 2. The lowest BCUT2D eigenvalue weighted by atomic mass is 9.85. The Bertz CT molecular complexity index is 354. The summed E-state index contributed by atoms with van der Waals surface area (Å²) in [6.07, 6.45) is 4.80. The summed E-state index contributed by atoms with van der Waals surface area (Å²) in [6.45, 7) is 3.49. The Balaban J connectivity index is 2.12. The minimum Gasteiger partial charge on any atom is -0.450 e. The molecule has 6 heteroatoms. The third kappa shape index (κ3) is 1.93. The molecule has 1 aliphatic heterocycles. The van der Waals surface area contributed by atoms with E-state index in [1.165, 1.54) is 18.2 Å². The van der Waals surface area contributed by atoms with E-state index in [4.69, 9.17) is 4.74 Å². The van der Waals surface area contributed by atoms with Gasteiger partial charge in [-0.1, -0.05) is 19.3 Å². The first-order chi connectivity index (χ1) is 8.53. The molecule has 2 aliphatic rings. The SMILES string of the molecule is CCOC(=O)N1[C@@H](C2CCCCC2)[C@@]1(C)[N+](=O)[O-]. The van der Waals surface area contributed by atoms with E-state index in [1.54, 1.807) is 6.92 Å². The first kappa shape index (κ1) is 13.1. The molecule has 1 aliphatic carbocycles. The van der Waals surface area contributed by atoms with E-state index < -0.39 is 11.8 Å². The van der Waals surface area contributed by atoms with Crippen molar-refractivity contribution in [3.05, 3.63) is 10.1 Å². The Hall–Kier alpha value is -1.33. The van der Waals surface area contributed by atoms with Crippen molar-refractivity contribution in [1.29, 1.82) is 0 Å². The van der Waals surface area contributed by atoms with Crippen LogP contribution in [-0.4, -0.2) is 34.2 Å². The van der Waals surface area contributed by atoms with Gasteiger partial charge in [0.15, 0.2) is 0 Å². The first-order valence-electron chi connectivity index (χ1n) is 6.64. The molecule has 1 amide bonds. The van der Waals surface area contributed by atoms with Gasteiger partial charge >= 0.3 is 11.8 Å². The summed E-state index contributed by atoms with van der Waals surface area (Å²) in [5.74, 6) is 0.249. The topological polar surface area (TPSA) is 72.5 Å². The number of carbonyl (C=O) groups excluding carboxylic acids is 1. The van der Waals surface area contributed by atoms with Crippen LogP contribution in [0.3, 0.4) is 0 Å². The molecule has 2 fully saturated rings. The van der Waals surface area contributed by atoms with Crippen molar-refractivity contribution in [2.45, 2.75) is 57.7 Å². The summed E-state index contributed by atoms with van der Waals surface area (Å²) in [6, 6.07) is -0.285. The summed E-state index contributed by atoms with van der Waals surface area (Å²) in [5, 5.41) is 11.2. The fraction of sp³-hybridized carbons (Fsp3) is 0.917. The van der Waals surface area contributed by atoms with Crippen LogP contribution in [0.15, 0.2) is 0 Å². The van der Waals surface area contributed by atoms with Crippen LogP contribution in [-0.2, 0) is 4.74 Å². The van der Waals surface area contributed by atoms with Crippen molar-refractivity contribution < 1.29 is 14.5 Å². The highest BCUT2D eigenvalue weighted by molar-refractivity contribution is 5.73. The third-order valence-electron chi connectivity index (χ3n) is 4.19. The largest absolute Gasteiger partial charge is 0.450 e. The third-order valence-corrected chi connectivity index (χ3v) is 4.19. The van der Waals surface area contributed by atoms with Crippen molar-refractivity contribution >= 4 is 6.09 Å². The van der Waals surface area contributed by atoms with Crippen LogP contribution in [0.1, 0.15) is 46.0 Å². The Morgan fingerprint density at radius 3 is 2.56 bits per heavy atom. The molecule has 102 valence electrons. The van der Waals surface area contributed by atoms with Crippen molar-refractivity contribution in [2.75, 3.05) is 6.61 Å². The van der Waals surface area contributed by atoms with Gasteiger partial charge in [-0.05, 0) is 25.7 Å². The zero-order chi connectivity index (χ0) is 13.3. The van der Waals surface area contributed by atoms with Gasteiger partial charge in [0.2, 0.25) is 0 Å². The zero-order valence-electron chi connectivity index (χ0n) is 10.9. The van der Waals surface area contributed by atoms with Gasteiger partial charge in [-0.3, -0.25) is 10.1 Å². The van der Waals surface area contributed by atoms with Gasteiger partial charge in [-0.2, -0.15) is 0 Å². The number of nitro groups is 1. The number of amides is 1. The second-order valence-electron chi connectivity index (χ2n) is 5.26. The van der Waals surface area contributed by atoms with E-state index in [1.807, 2.05) is 0 Å². The summed E-state index contributed by atoms with van der Waals surface area (Å²) < 4.78 is 4.92. The van der Waals surface area contributed by atoms with E-state index >= 15 is 0 Å². The van der Waals surface area contributed by atoms with Crippen molar-refractivity contribution in [3.63, 3.8) is 0 Å². The quantitative estimate of drug-likeness (QED) is 0.441. The Kier molecular flexibility index (Phi) is 3.45. The fourth-order valence-corrected chi connectivity index (χ4v) is 3.20. The van der Waals surface area contributed by atoms with Gasteiger partial charge in [0.05, 0.1) is 11.5 Å². The number of rotatable bonds is 3. The zero-order valence-corrected chi connectivity index (χ0v) is 10.9. The normalized spacial score (nSPS) is 32.1. The van der Waals surface area contributed by atoms with Crippen molar-refractivity contribution in [3.8, 4) is 0 Å². The second-order valence-corrected chi connectivity index (χ2v) is 5.26. The number of ether oxygens (including phenoxy) is 1. The van der Waals surface area contributed by atoms with Crippen LogP contribution in [0.2, 0.25) is 0 Å². The molecule has 0 N–H and O–H groups in total. The van der Waals surface area contributed by atoms with Gasteiger partial charge in [-0.15, -0.1) is 0 Å². The molecule has 0 aromatic carbocycles. The summed E-state index contributed by atoms with van der Waals surface area (Å²) in [7, 11) is 0. The minimum atomic E-state index is -1.26. The summed E-state index contributed by atoms with van der Waals surface area (Å²) >= 11 is 0. The van der Waals surface area contributed by atoms with Crippen LogP contribution < -0.4 is 0 Å². The summed E-state index contributed by atoms with van der Waals surface area (Å²) in [4.78, 5) is 24.0. The van der Waals surface area contributed by atoms with Gasteiger partial charge in [0, 0.05) is 6.92 Å². The molecule has 18 heavy (non-hydrogen) atoms. The molecule has 0 aromatic heterocycles. The Morgan fingerprint density at radius 2 is 2.06 bits per heavy atom. The van der Waals surface area contributed by atoms with Crippen LogP contribution in [0, 0.1) is 16.0 Å². The molecule has 0 spiro atoms. The molecule has 1 saturated heterocycles. The predicted octanol–water partition coefficient (Wildman–Crippen LogP) is 2.40. The molecular weight excluding hydrogens is 236 g/mol. The fourth-order valence-electron chi connectivity index (χ4n) is 3.20. The molecule has 0 aromatic rings. The number of hydrogen-bond acceptors (Lipinski definition) is 4. The van der Waals surface area contributed by atoms with Gasteiger partial charge < -0.3 is 4.74 Å². The van der Waals surface area contributed by atoms with Gasteiger partial charge in [0.25, 0.3) is 0 Å². The Morgan fingerprint density at radius 1 is 1.44 bits per heavy atom. The highest BCUT2D eigenvalue weighted by Gasteiger charge is 2.75. The van der Waals surface area contributed by atoms with E-state index in [0.29, 0.717) is 0 Å². The molecule has 1 saturated carbocycles. The average molecular weight is 256 g/mol. The maximum atomic E-state index is 11.8. The highest BCUT2D eigenvalue weighted by Crippen LogP contribution is 2.50. The number of carbonyl (C=O) groups is 1. The maximum absolute atomic E-state index is 11.8. The first-order valence-corrected chi connectivity index (χ1v) is 6.64. The van der Waals surface area contributed by atoms with E-state index in [9.17, 15) is 14.9 Å². The molecule has 2 rings (SSSR count). The van der Waals surface area contributed by atoms with Gasteiger partial charge in [0.1, 0.15) is 6.04 Å². The van der Waals surface area contributed by atoms with Crippen LogP contribution in [0.5, 0.6) is 0 Å². The Labute approximate surface area is 106 Å². The monoisotopic (exact) mass is 256 g/mol. The lowest BCUT2D eigenvalue weighted by Crippen LogP contribution is -2.29. The predicted molar refractivity (Wildman–Crippen MR) is 64.6 cm³/mol. The van der Waals surface area contributed by atoms with Gasteiger partial charge in [-0.25, -0.2) is 9.69 Å². The molecule has 1 heterocycles. The smallest absolute Gasteiger partial charge is 0.415 e. The lowest BCUT2D eigenvalue weighted by molar-refractivity contribution is -0.545. The minimum absolute atomic E-state index is 0.249. The van der Waals surface area contributed by atoms with Crippen LogP contribution in [0.4, 0.5) is 4.79 Å². The average Bonchev–Trinajstić information content (AvgIpc) is 2.99. The van der Waals surface area contributed by atoms with E-state index in [-0.39, 0.29) is 23.5 Å². The van der Waals surface area contributed by atoms with E-state index in [2.05, 4.69) is 0 Å². The highest BCUT2D eigenvalue weighted by atomic mass is 16.6. The standard InChI is InChI=1S/C12H20N2O4/c1-3-18-11(15)13-10(12(13,2)14(16)17)9-7-5-4-6-8-9/h9-10H,3-8H2,1-2H3/t10-,12+,13?/m0/s1. The van der Waals surface area contributed by atoms with E-state index in [0.717, 1.165) is 25.7 Å². The second kappa shape index (κ2) is 4.74. The number of hydrogen-bond donors (Lipinski definition) is 0. The van der Waals surface area contributed by atoms with Crippen molar-refractivity contribution in [1.82, 2.24) is 4.90 Å². The van der Waals surface area contributed by atoms with Crippen LogP contribution in [0.25, 0.3) is 0 Å². The van der Waals surface area contributed by atoms with Crippen LogP contribution >= 0.6 is 0 Å². The molecule has 0 bridgehead atoms. The van der Waals surface area contributed by atoms with Crippen molar-refractivity contribution in [2.24, 2.45) is 5.92 Å². The molecule has 6 nitrogen and oxygen atoms in total. The molecule has 2 atom stereocenters. The molecule has 0 radical (unpaired) electrons. The summed E-state index contributed by atoms with van der Waals surface area (Å²) in [5.41, 5.74) is -1.26. The maximum Gasteiger partial charge on any atom is 0.415 e. The molecule has 0 unspecified atom stereocenters. The molecular formula is C12H20N2O4. The lowest BCUT2D eigenvalue weighted by Gasteiger charge is -2.20.